The molecule has 0 bridgehead atoms. The normalized spacial score (nSPS) is 24.8. The third kappa shape index (κ3) is 3.77. The van der Waals surface area contributed by atoms with Crippen molar-refractivity contribution in [1.82, 2.24) is 14.9 Å². The third-order valence-corrected chi connectivity index (χ3v) is 7.70. The fourth-order valence-corrected chi connectivity index (χ4v) is 6.19. The van der Waals surface area contributed by atoms with Gasteiger partial charge in [-0.1, -0.05) is 6.42 Å². The minimum absolute atomic E-state index is 0.466. The number of thiophene rings is 1. The average molecular weight is 403 g/mol. The molecule has 0 aromatic carbocycles. The number of rotatable bonds is 5. The van der Waals surface area contributed by atoms with Crippen LogP contribution in [0.3, 0.4) is 0 Å². The molecule has 1 aliphatic carbocycles. The lowest BCUT2D eigenvalue weighted by atomic mass is 9.96. The van der Waals surface area contributed by atoms with Gasteiger partial charge in [0.1, 0.15) is 17.0 Å². The van der Waals surface area contributed by atoms with Crippen LogP contribution in [0.5, 0.6) is 0 Å². The van der Waals surface area contributed by atoms with Crippen molar-refractivity contribution < 1.29 is 9.47 Å². The lowest BCUT2D eigenvalue weighted by Crippen LogP contribution is -2.50. The Morgan fingerprint density at radius 2 is 2.00 bits per heavy atom. The van der Waals surface area contributed by atoms with Crippen LogP contribution in [0.25, 0.3) is 10.2 Å². The SMILES string of the molecule is c1nc(NC[C@H]([C@@H]2CCOC2)N2CCOCC2)c2c3c(sc2n1)CCCCC3. The molecule has 2 atom stereocenters. The Labute approximate surface area is 170 Å². The summed E-state index contributed by atoms with van der Waals surface area (Å²) in [6.45, 7) is 6.36. The van der Waals surface area contributed by atoms with E-state index in [9.17, 15) is 0 Å². The molecule has 7 heteroatoms. The van der Waals surface area contributed by atoms with E-state index in [1.54, 1.807) is 6.33 Å². The number of fused-ring (bicyclic) bond motifs is 3. The van der Waals surface area contributed by atoms with Crippen molar-refractivity contribution in [3.63, 3.8) is 0 Å². The van der Waals surface area contributed by atoms with E-state index in [4.69, 9.17) is 9.47 Å². The van der Waals surface area contributed by atoms with Gasteiger partial charge in [-0.3, -0.25) is 4.90 Å². The van der Waals surface area contributed by atoms with Gasteiger partial charge in [0, 0.05) is 43.1 Å². The zero-order chi connectivity index (χ0) is 18.8. The summed E-state index contributed by atoms with van der Waals surface area (Å²) >= 11 is 1.88. The molecular formula is C21H30N4O2S. The Bertz CT molecular complexity index is 799. The highest BCUT2D eigenvalue weighted by Gasteiger charge is 2.31. The molecule has 4 heterocycles. The molecule has 0 saturated carbocycles. The Hall–Kier alpha value is -1.28. The highest BCUT2D eigenvalue weighted by Crippen LogP contribution is 2.37. The molecular weight excluding hydrogens is 372 g/mol. The summed E-state index contributed by atoms with van der Waals surface area (Å²) in [6.07, 6.45) is 9.16. The maximum Gasteiger partial charge on any atom is 0.138 e. The first-order chi connectivity index (χ1) is 13.9. The van der Waals surface area contributed by atoms with Crippen molar-refractivity contribution >= 4 is 27.4 Å². The fraction of sp³-hybridized carbons (Fsp3) is 0.714. The van der Waals surface area contributed by atoms with Crippen molar-refractivity contribution in [3.8, 4) is 0 Å². The van der Waals surface area contributed by atoms with E-state index in [2.05, 4.69) is 20.2 Å². The van der Waals surface area contributed by atoms with E-state index in [1.165, 1.54) is 47.9 Å². The van der Waals surface area contributed by atoms with Gasteiger partial charge in [-0.25, -0.2) is 9.97 Å². The second-order valence-electron chi connectivity index (χ2n) is 8.19. The van der Waals surface area contributed by atoms with Gasteiger partial charge >= 0.3 is 0 Å². The van der Waals surface area contributed by atoms with Crippen molar-refractivity contribution in [2.24, 2.45) is 5.92 Å². The van der Waals surface area contributed by atoms with Crippen LogP contribution in [0.4, 0.5) is 5.82 Å². The summed E-state index contributed by atoms with van der Waals surface area (Å²) in [7, 11) is 0. The molecule has 3 aliphatic rings. The number of aromatic nitrogens is 2. The number of hydrogen-bond donors (Lipinski definition) is 1. The van der Waals surface area contributed by atoms with E-state index in [-0.39, 0.29) is 0 Å². The molecule has 2 aliphatic heterocycles. The van der Waals surface area contributed by atoms with Gasteiger partial charge in [0.2, 0.25) is 0 Å². The first-order valence-electron chi connectivity index (χ1n) is 10.8. The van der Waals surface area contributed by atoms with E-state index >= 15 is 0 Å². The number of aryl methyl sites for hydroxylation is 2. The predicted octanol–water partition coefficient (Wildman–Crippen LogP) is 3.11. The lowest BCUT2D eigenvalue weighted by Gasteiger charge is -2.37. The summed E-state index contributed by atoms with van der Waals surface area (Å²) in [6, 6.07) is 0.466. The minimum Gasteiger partial charge on any atom is -0.381 e. The van der Waals surface area contributed by atoms with Gasteiger partial charge in [-0.2, -0.15) is 0 Å². The van der Waals surface area contributed by atoms with Crippen LogP contribution in [0.1, 0.15) is 36.1 Å². The largest absolute Gasteiger partial charge is 0.381 e. The Morgan fingerprint density at radius 1 is 1.11 bits per heavy atom. The van der Waals surface area contributed by atoms with E-state index in [1.807, 2.05) is 11.3 Å². The number of morpholine rings is 1. The van der Waals surface area contributed by atoms with Crippen LogP contribution >= 0.6 is 11.3 Å². The summed E-state index contributed by atoms with van der Waals surface area (Å²) < 4.78 is 11.3. The number of nitrogens with one attached hydrogen (secondary N) is 1. The maximum absolute atomic E-state index is 5.72. The van der Waals surface area contributed by atoms with Crippen LogP contribution in [0.2, 0.25) is 0 Å². The van der Waals surface area contributed by atoms with Gasteiger partial charge < -0.3 is 14.8 Å². The Morgan fingerprint density at radius 3 is 2.86 bits per heavy atom. The van der Waals surface area contributed by atoms with Gasteiger partial charge in [0.15, 0.2) is 0 Å². The monoisotopic (exact) mass is 402 g/mol. The number of anilines is 1. The molecule has 28 heavy (non-hydrogen) atoms. The smallest absolute Gasteiger partial charge is 0.138 e. The zero-order valence-corrected chi connectivity index (χ0v) is 17.3. The Balaban J connectivity index is 1.39. The van der Waals surface area contributed by atoms with Crippen molar-refractivity contribution in [3.05, 3.63) is 16.8 Å². The maximum atomic E-state index is 5.72. The second-order valence-corrected chi connectivity index (χ2v) is 9.27. The molecule has 0 spiro atoms. The Kier molecular flexibility index (Phi) is 5.76. The van der Waals surface area contributed by atoms with Gasteiger partial charge in [-0.05, 0) is 37.7 Å². The van der Waals surface area contributed by atoms with Crippen molar-refractivity contribution in [2.75, 3.05) is 51.4 Å². The highest BCUT2D eigenvalue weighted by molar-refractivity contribution is 7.18. The number of hydrogen-bond acceptors (Lipinski definition) is 7. The molecule has 2 aromatic rings. The first kappa shape index (κ1) is 18.7. The van der Waals surface area contributed by atoms with Gasteiger partial charge in [-0.15, -0.1) is 11.3 Å². The molecule has 2 fully saturated rings. The fourth-order valence-electron chi connectivity index (χ4n) is 4.96. The quantitative estimate of drug-likeness (QED) is 0.776. The molecule has 0 amide bonds. The van der Waals surface area contributed by atoms with E-state index in [0.717, 1.165) is 63.1 Å². The predicted molar refractivity (Wildman–Crippen MR) is 112 cm³/mol. The van der Waals surface area contributed by atoms with Crippen molar-refractivity contribution in [1.29, 1.82) is 0 Å². The molecule has 2 aromatic heterocycles. The topological polar surface area (TPSA) is 59.5 Å². The minimum atomic E-state index is 0.466. The van der Waals surface area contributed by atoms with Crippen LogP contribution in [0.15, 0.2) is 6.33 Å². The summed E-state index contributed by atoms with van der Waals surface area (Å²) in [4.78, 5) is 14.5. The van der Waals surface area contributed by atoms with Crippen LogP contribution in [-0.2, 0) is 22.3 Å². The van der Waals surface area contributed by atoms with Crippen LogP contribution in [0, 0.1) is 5.92 Å². The zero-order valence-electron chi connectivity index (χ0n) is 16.5. The van der Waals surface area contributed by atoms with Gasteiger partial charge in [0.05, 0.1) is 25.2 Å². The molecule has 5 rings (SSSR count). The van der Waals surface area contributed by atoms with Gasteiger partial charge in [0.25, 0.3) is 0 Å². The van der Waals surface area contributed by atoms with Crippen LogP contribution < -0.4 is 5.32 Å². The number of nitrogens with zero attached hydrogens (tertiary/aromatic N) is 3. The summed E-state index contributed by atoms with van der Waals surface area (Å²) in [5, 5.41) is 5.02. The summed E-state index contributed by atoms with van der Waals surface area (Å²) in [5.41, 5.74) is 1.51. The first-order valence-corrected chi connectivity index (χ1v) is 11.6. The van der Waals surface area contributed by atoms with E-state index in [0.29, 0.717) is 12.0 Å². The molecule has 1 N–H and O–H groups in total. The molecule has 152 valence electrons. The van der Waals surface area contributed by atoms with E-state index < -0.39 is 0 Å². The summed E-state index contributed by atoms with van der Waals surface area (Å²) in [5.74, 6) is 1.61. The molecule has 2 saturated heterocycles. The molecule has 6 nitrogen and oxygen atoms in total. The standard InChI is InChI=1S/C21H30N4O2S/c1-2-4-16-18(5-3-1)28-21-19(16)20(23-14-24-21)22-12-17(15-6-9-27-13-15)25-7-10-26-11-8-25/h14-15,17H,1-13H2,(H,22,23,24)/t15-,17-/m1/s1. The second kappa shape index (κ2) is 8.61. The van der Waals surface area contributed by atoms with Crippen LogP contribution in [-0.4, -0.2) is 67.0 Å². The molecule has 0 radical (unpaired) electrons. The number of ether oxygens (including phenoxy) is 2. The highest BCUT2D eigenvalue weighted by atomic mass is 32.1. The molecule has 0 unspecified atom stereocenters. The third-order valence-electron chi connectivity index (χ3n) is 6.50. The average Bonchev–Trinajstić information content (AvgIpc) is 3.32. The lowest BCUT2D eigenvalue weighted by molar-refractivity contribution is 0.00460. The van der Waals surface area contributed by atoms with Crippen molar-refractivity contribution in [2.45, 2.75) is 44.6 Å².